The molecule has 3 rings (SSSR count). The summed E-state index contributed by atoms with van der Waals surface area (Å²) in [4.78, 5) is 8.71. The Morgan fingerprint density at radius 1 is 1.22 bits per heavy atom. The normalized spacial score (nSPS) is 16.9. The predicted molar refractivity (Wildman–Crippen MR) is 68.1 cm³/mol. The number of aromatic nitrogens is 3. The number of pyridine rings is 1. The molecule has 1 fully saturated rings. The van der Waals surface area contributed by atoms with E-state index in [4.69, 9.17) is 4.52 Å². The fraction of sp³-hybridized carbons (Fsp3) is 0.500. The molecule has 1 saturated carbocycles. The molecule has 2 aromatic rings. The van der Waals surface area contributed by atoms with Crippen LogP contribution in [0, 0.1) is 6.92 Å². The van der Waals surface area contributed by atoms with Crippen LogP contribution in [0.15, 0.2) is 22.9 Å². The molecule has 0 radical (unpaired) electrons. The highest BCUT2D eigenvalue weighted by Gasteiger charge is 2.21. The molecular weight excluding hydrogens is 226 g/mol. The third kappa shape index (κ3) is 2.28. The van der Waals surface area contributed by atoms with Crippen LogP contribution in [0.2, 0.25) is 0 Å². The average molecular weight is 243 g/mol. The molecule has 0 atom stereocenters. The van der Waals surface area contributed by atoms with Crippen LogP contribution in [0.25, 0.3) is 11.5 Å². The van der Waals surface area contributed by atoms with Gasteiger partial charge < -0.3 is 4.52 Å². The van der Waals surface area contributed by atoms with E-state index < -0.39 is 0 Å². The number of nitrogens with zero attached hydrogens (tertiary/aromatic N) is 3. The summed E-state index contributed by atoms with van der Waals surface area (Å²) < 4.78 is 5.37. The summed E-state index contributed by atoms with van der Waals surface area (Å²) in [5.74, 6) is 1.97. The highest BCUT2D eigenvalue weighted by molar-refractivity contribution is 5.52. The second kappa shape index (κ2) is 4.88. The minimum atomic E-state index is 0.485. The van der Waals surface area contributed by atoms with Gasteiger partial charge in [0.05, 0.1) is 0 Å². The fourth-order valence-corrected chi connectivity index (χ4v) is 2.56. The van der Waals surface area contributed by atoms with Crippen molar-refractivity contribution in [3.05, 3.63) is 29.8 Å². The summed E-state index contributed by atoms with van der Waals surface area (Å²) in [6.07, 6.45) is 8.05. The van der Waals surface area contributed by atoms with Crippen LogP contribution < -0.4 is 0 Å². The van der Waals surface area contributed by atoms with Gasteiger partial charge in [-0.05, 0) is 31.9 Å². The van der Waals surface area contributed by atoms with E-state index in [1.807, 2.05) is 19.1 Å². The van der Waals surface area contributed by atoms with Crippen LogP contribution in [0.4, 0.5) is 0 Å². The van der Waals surface area contributed by atoms with Crippen LogP contribution in [0.3, 0.4) is 0 Å². The smallest absolute Gasteiger partial charge is 0.258 e. The lowest BCUT2D eigenvalue weighted by Crippen LogP contribution is -2.06. The first-order valence-corrected chi connectivity index (χ1v) is 6.59. The van der Waals surface area contributed by atoms with E-state index >= 15 is 0 Å². The average Bonchev–Trinajstić information content (AvgIpc) is 2.89. The number of hydrogen-bond donors (Lipinski definition) is 0. The van der Waals surface area contributed by atoms with Gasteiger partial charge in [-0.1, -0.05) is 24.4 Å². The van der Waals surface area contributed by atoms with E-state index in [0.29, 0.717) is 11.8 Å². The van der Waals surface area contributed by atoms with Gasteiger partial charge in [-0.3, -0.25) is 4.98 Å². The summed E-state index contributed by atoms with van der Waals surface area (Å²) in [6, 6.07) is 3.88. The Hall–Kier alpha value is -1.71. The van der Waals surface area contributed by atoms with Crippen molar-refractivity contribution in [2.75, 3.05) is 0 Å². The summed E-state index contributed by atoms with van der Waals surface area (Å²) in [5, 5.41) is 4.14. The Morgan fingerprint density at radius 2 is 2.06 bits per heavy atom. The molecule has 0 N–H and O–H groups in total. The Balaban J connectivity index is 1.84. The third-order valence-corrected chi connectivity index (χ3v) is 3.56. The van der Waals surface area contributed by atoms with E-state index in [1.54, 1.807) is 6.20 Å². The van der Waals surface area contributed by atoms with E-state index in [0.717, 1.165) is 17.1 Å². The van der Waals surface area contributed by atoms with Crippen LogP contribution >= 0.6 is 0 Å². The Labute approximate surface area is 106 Å². The van der Waals surface area contributed by atoms with Crippen molar-refractivity contribution in [1.29, 1.82) is 0 Å². The molecular formula is C14H17N3O. The second-order valence-corrected chi connectivity index (χ2v) is 4.98. The van der Waals surface area contributed by atoms with Gasteiger partial charge in [0, 0.05) is 23.4 Å². The van der Waals surface area contributed by atoms with Crippen molar-refractivity contribution in [2.24, 2.45) is 0 Å². The highest BCUT2D eigenvalue weighted by atomic mass is 16.5. The van der Waals surface area contributed by atoms with Gasteiger partial charge in [-0.15, -0.1) is 0 Å². The van der Waals surface area contributed by atoms with Gasteiger partial charge in [-0.2, -0.15) is 4.98 Å². The van der Waals surface area contributed by atoms with E-state index in [2.05, 4.69) is 15.1 Å². The van der Waals surface area contributed by atoms with Gasteiger partial charge >= 0.3 is 0 Å². The minimum absolute atomic E-state index is 0.485. The molecule has 0 amide bonds. The lowest BCUT2D eigenvalue weighted by atomic mass is 9.89. The lowest BCUT2D eigenvalue weighted by molar-refractivity contribution is 0.385. The van der Waals surface area contributed by atoms with Crippen LogP contribution in [0.5, 0.6) is 0 Å². The molecule has 2 heterocycles. The van der Waals surface area contributed by atoms with Crippen LogP contribution in [-0.4, -0.2) is 15.1 Å². The van der Waals surface area contributed by atoms with Crippen molar-refractivity contribution in [3.8, 4) is 11.5 Å². The van der Waals surface area contributed by atoms with Crippen LogP contribution in [-0.2, 0) is 0 Å². The molecule has 0 aromatic carbocycles. The van der Waals surface area contributed by atoms with Crippen molar-refractivity contribution >= 4 is 0 Å². The first kappa shape index (κ1) is 11.4. The largest absolute Gasteiger partial charge is 0.334 e. The first-order valence-electron chi connectivity index (χ1n) is 6.59. The Morgan fingerprint density at radius 3 is 2.83 bits per heavy atom. The Bertz CT molecular complexity index is 529. The summed E-state index contributed by atoms with van der Waals surface area (Å²) in [7, 11) is 0. The second-order valence-electron chi connectivity index (χ2n) is 4.98. The van der Waals surface area contributed by atoms with E-state index in [9.17, 15) is 0 Å². The summed E-state index contributed by atoms with van der Waals surface area (Å²) in [6.45, 7) is 1.96. The fourth-order valence-electron chi connectivity index (χ4n) is 2.56. The number of rotatable bonds is 2. The number of hydrogen-bond acceptors (Lipinski definition) is 4. The van der Waals surface area contributed by atoms with Gasteiger partial charge in [0.1, 0.15) is 0 Å². The van der Waals surface area contributed by atoms with Crippen molar-refractivity contribution < 1.29 is 4.52 Å². The van der Waals surface area contributed by atoms with Crippen molar-refractivity contribution in [2.45, 2.75) is 44.9 Å². The van der Waals surface area contributed by atoms with Gasteiger partial charge in [0.25, 0.3) is 5.89 Å². The zero-order valence-electron chi connectivity index (χ0n) is 10.6. The van der Waals surface area contributed by atoms with Crippen molar-refractivity contribution in [3.63, 3.8) is 0 Å². The monoisotopic (exact) mass is 243 g/mol. The molecule has 0 aliphatic heterocycles. The minimum Gasteiger partial charge on any atom is -0.334 e. The van der Waals surface area contributed by atoms with Gasteiger partial charge in [-0.25, -0.2) is 0 Å². The molecule has 0 spiro atoms. The maximum atomic E-state index is 5.37. The molecule has 4 heteroatoms. The molecule has 1 aliphatic rings. The first-order chi connectivity index (χ1) is 8.83. The maximum absolute atomic E-state index is 5.37. The molecule has 1 aliphatic carbocycles. The highest BCUT2D eigenvalue weighted by Crippen LogP contribution is 2.31. The quantitative estimate of drug-likeness (QED) is 0.810. The SMILES string of the molecule is Cc1cc(-c2nc(C3CCCCC3)no2)ccn1. The molecule has 4 nitrogen and oxygen atoms in total. The molecule has 0 unspecified atom stereocenters. The molecule has 18 heavy (non-hydrogen) atoms. The summed E-state index contributed by atoms with van der Waals surface area (Å²) >= 11 is 0. The van der Waals surface area contributed by atoms with Gasteiger partial charge in [0.15, 0.2) is 5.82 Å². The standard InChI is InChI=1S/C14H17N3O/c1-10-9-12(7-8-15-10)14-16-13(17-18-14)11-5-3-2-4-6-11/h7-9,11H,2-6H2,1H3. The summed E-state index contributed by atoms with van der Waals surface area (Å²) in [5.41, 5.74) is 1.92. The zero-order valence-corrected chi connectivity index (χ0v) is 10.6. The molecule has 0 bridgehead atoms. The third-order valence-electron chi connectivity index (χ3n) is 3.56. The topological polar surface area (TPSA) is 51.8 Å². The van der Waals surface area contributed by atoms with Crippen molar-refractivity contribution in [1.82, 2.24) is 15.1 Å². The molecule has 2 aromatic heterocycles. The Kier molecular flexibility index (Phi) is 3.09. The zero-order chi connectivity index (χ0) is 12.4. The molecule has 94 valence electrons. The van der Waals surface area contributed by atoms with E-state index in [1.165, 1.54) is 32.1 Å². The predicted octanol–water partition coefficient (Wildman–Crippen LogP) is 3.49. The lowest BCUT2D eigenvalue weighted by Gasteiger charge is -2.17. The molecule has 0 saturated heterocycles. The maximum Gasteiger partial charge on any atom is 0.258 e. The van der Waals surface area contributed by atoms with Crippen LogP contribution in [0.1, 0.15) is 49.5 Å². The van der Waals surface area contributed by atoms with E-state index in [-0.39, 0.29) is 0 Å². The van der Waals surface area contributed by atoms with Gasteiger partial charge in [0.2, 0.25) is 0 Å². The number of aryl methyl sites for hydroxylation is 1.